The van der Waals surface area contributed by atoms with Crippen LogP contribution in [0, 0.1) is 25.7 Å². The molecule has 1 saturated heterocycles. The maximum atomic E-state index is 14.0. The van der Waals surface area contributed by atoms with Crippen LogP contribution < -0.4 is 16.4 Å². The number of Topliss-reactive ketones (excluding diaryl/α,β-unsaturated/α-hetero) is 2. The van der Waals surface area contributed by atoms with Crippen LogP contribution >= 0.6 is 11.6 Å². The summed E-state index contributed by atoms with van der Waals surface area (Å²) in [6, 6.07) is 19.9. The number of aliphatic hydroxyl groups is 1. The lowest BCUT2D eigenvalue weighted by Gasteiger charge is -2.34. The first kappa shape index (κ1) is 29.4. The Morgan fingerprint density at radius 2 is 1.73 bits per heavy atom. The number of phenols is 1. The second-order valence-corrected chi connectivity index (χ2v) is 10.9. The van der Waals surface area contributed by atoms with Crippen LogP contribution in [0.5, 0.6) is 5.75 Å². The smallest absolute Gasteiger partial charge is 0.238 e. The molecule has 6 N–H and O–H groups in total. The van der Waals surface area contributed by atoms with Gasteiger partial charge in [0, 0.05) is 24.2 Å². The van der Waals surface area contributed by atoms with Crippen LogP contribution in [0.4, 0.5) is 0 Å². The average molecular weight is 564 g/mol. The molecular weight excluding hydrogens is 530 g/mol. The van der Waals surface area contributed by atoms with Gasteiger partial charge in [0.25, 0.3) is 0 Å². The van der Waals surface area contributed by atoms with Crippen molar-refractivity contribution < 1.29 is 24.6 Å². The summed E-state index contributed by atoms with van der Waals surface area (Å²) in [5.41, 5.74) is 6.75. The number of aryl methyl sites for hydroxylation is 1. The molecule has 4 rings (SSSR count). The molecule has 0 saturated carbocycles. The van der Waals surface area contributed by atoms with Crippen molar-refractivity contribution in [3.63, 3.8) is 0 Å². The minimum atomic E-state index is -2.66. The summed E-state index contributed by atoms with van der Waals surface area (Å²) in [5.74, 6) is -4.67. The third-order valence-corrected chi connectivity index (χ3v) is 8.10. The van der Waals surface area contributed by atoms with Gasteiger partial charge in [-0.1, -0.05) is 66.7 Å². The molecule has 0 spiro atoms. The largest absolute Gasteiger partial charge is 0.508 e. The van der Waals surface area contributed by atoms with Crippen LogP contribution in [-0.4, -0.2) is 51.4 Å². The van der Waals surface area contributed by atoms with E-state index < -0.39 is 46.5 Å². The number of nitrogens with two attached hydrogens (primary N) is 1. The highest BCUT2D eigenvalue weighted by Crippen LogP contribution is 2.33. The normalized spacial score (nSPS) is 20.9. The van der Waals surface area contributed by atoms with E-state index in [-0.39, 0.29) is 30.8 Å². The van der Waals surface area contributed by atoms with E-state index in [0.29, 0.717) is 11.1 Å². The lowest BCUT2D eigenvalue weighted by atomic mass is 9.76. The number of hydrogen-bond donors (Lipinski definition) is 5. The number of carbonyl (C=O) groups excluding carboxylic acids is 3. The highest BCUT2D eigenvalue weighted by molar-refractivity contribution is 6.23. The Hall–Kier alpha value is -3.56. The number of amides is 1. The molecule has 40 heavy (non-hydrogen) atoms. The summed E-state index contributed by atoms with van der Waals surface area (Å²) in [6.45, 7) is 3.89. The quantitative estimate of drug-likeness (QED) is 0.145. The van der Waals surface area contributed by atoms with Gasteiger partial charge in [-0.2, -0.15) is 0 Å². The predicted molar refractivity (Wildman–Crippen MR) is 153 cm³/mol. The van der Waals surface area contributed by atoms with Crippen molar-refractivity contribution in [1.82, 2.24) is 10.6 Å². The van der Waals surface area contributed by atoms with Crippen molar-refractivity contribution in [2.45, 2.75) is 44.0 Å². The first-order chi connectivity index (χ1) is 19.0. The van der Waals surface area contributed by atoms with Crippen LogP contribution in [0.1, 0.15) is 32.6 Å². The molecule has 210 valence electrons. The van der Waals surface area contributed by atoms with Gasteiger partial charge in [-0.25, -0.2) is 0 Å². The molecule has 1 fully saturated rings. The molecule has 5 atom stereocenters. The fraction of sp³-hybridized carbons (Fsp3) is 0.323. The topological polar surface area (TPSA) is 142 Å². The standard InChI is InChI=1S/C31H34ClN3O5/c1-18-9-6-7-12-21(18)16-35-30(39)27-26(24(32)17-34-27)29(38)31(33,40)23(15-20-10-4-3-5-11-20)28(37)22-13-8-14-25(36)19(22)2/h3-14,23-24,26-27,34,36,40H,15-17,33H2,1-2H3,(H,35,39)/t23?,24-,26+,27+,31?/m1/s1. The average Bonchev–Trinajstić information content (AvgIpc) is 3.33. The molecular formula is C31H34ClN3O5. The number of carbonyl (C=O) groups is 3. The van der Waals surface area contributed by atoms with Crippen LogP contribution in [-0.2, 0) is 22.6 Å². The molecule has 1 aliphatic heterocycles. The van der Waals surface area contributed by atoms with Gasteiger partial charge in [0.1, 0.15) is 5.75 Å². The summed E-state index contributed by atoms with van der Waals surface area (Å²) in [4.78, 5) is 41.0. The van der Waals surface area contributed by atoms with Crippen molar-refractivity contribution in [1.29, 1.82) is 0 Å². The minimum absolute atomic E-state index is 0.0508. The van der Waals surface area contributed by atoms with Crippen LogP contribution in [0.25, 0.3) is 0 Å². The molecule has 2 unspecified atom stereocenters. The Labute approximate surface area is 238 Å². The van der Waals surface area contributed by atoms with Crippen molar-refractivity contribution in [3.05, 3.63) is 101 Å². The van der Waals surface area contributed by atoms with Gasteiger partial charge in [0.2, 0.25) is 5.91 Å². The molecule has 1 heterocycles. The lowest BCUT2D eigenvalue weighted by molar-refractivity contribution is -0.147. The molecule has 0 aromatic heterocycles. The van der Waals surface area contributed by atoms with E-state index in [1.807, 2.05) is 37.3 Å². The van der Waals surface area contributed by atoms with Crippen molar-refractivity contribution in [2.75, 3.05) is 6.54 Å². The summed E-state index contributed by atoms with van der Waals surface area (Å²) >= 11 is 6.52. The number of rotatable bonds is 10. The van der Waals surface area contributed by atoms with Crippen molar-refractivity contribution in [2.24, 2.45) is 17.6 Å². The van der Waals surface area contributed by atoms with Crippen LogP contribution in [0.15, 0.2) is 72.8 Å². The van der Waals surface area contributed by atoms with Crippen LogP contribution in [0.3, 0.4) is 0 Å². The molecule has 1 amide bonds. The lowest BCUT2D eigenvalue weighted by Crippen LogP contribution is -2.62. The number of benzene rings is 3. The van der Waals surface area contributed by atoms with Gasteiger partial charge in [0.15, 0.2) is 17.3 Å². The van der Waals surface area contributed by atoms with E-state index in [1.54, 1.807) is 31.2 Å². The van der Waals surface area contributed by atoms with Crippen molar-refractivity contribution >= 4 is 29.1 Å². The number of phenolic OH excluding ortho intramolecular Hbond substituents is 1. The predicted octanol–water partition coefficient (Wildman–Crippen LogP) is 2.78. The van der Waals surface area contributed by atoms with E-state index >= 15 is 0 Å². The van der Waals surface area contributed by atoms with E-state index in [1.165, 1.54) is 18.2 Å². The Balaban J connectivity index is 1.63. The summed E-state index contributed by atoms with van der Waals surface area (Å²) in [5, 5.41) is 26.8. The summed E-state index contributed by atoms with van der Waals surface area (Å²) < 4.78 is 0. The number of halogens is 1. The fourth-order valence-electron chi connectivity index (χ4n) is 5.19. The third kappa shape index (κ3) is 6.10. The van der Waals surface area contributed by atoms with Gasteiger partial charge in [0.05, 0.1) is 23.3 Å². The number of alkyl halides is 1. The van der Waals surface area contributed by atoms with E-state index in [4.69, 9.17) is 17.3 Å². The maximum Gasteiger partial charge on any atom is 0.238 e. The zero-order valence-electron chi connectivity index (χ0n) is 22.4. The molecule has 3 aromatic carbocycles. The minimum Gasteiger partial charge on any atom is -0.508 e. The summed E-state index contributed by atoms with van der Waals surface area (Å²) in [6.07, 6.45) is -0.0508. The van der Waals surface area contributed by atoms with Gasteiger partial charge in [-0.3, -0.25) is 20.1 Å². The SMILES string of the molecule is Cc1ccccc1CNC(=O)[C@H]1NC[C@@H](Cl)[C@@H]1C(=O)C(N)(O)C(Cc1ccccc1)C(=O)c1cccc(O)c1C. The van der Waals surface area contributed by atoms with E-state index in [2.05, 4.69) is 10.6 Å². The van der Waals surface area contributed by atoms with Crippen molar-refractivity contribution in [3.8, 4) is 5.75 Å². The highest BCUT2D eigenvalue weighted by Gasteiger charge is 2.54. The highest BCUT2D eigenvalue weighted by atomic mass is 35.5. The zero-order chi connectivity index (χ0) is 29.0. The monoisotopic (exact) mass is 563 g/mol. The second-order valence-electron chi connectivity index (χ2n) is 10.3. The number of hydrogen-bond acceptors (Lipinski definition) is 7. The number of ketones is 2. The first-order valence-corrected chi connectivity index (χ1v) is 13.6. The van der Waals surface area contributed by atoms with E-state index in [0.717, 1.165) is 11.1 Å². The summed E-state index contributed by atoms with van der Waals surface area (Å²) in [7, 11) is 0. The van der Waals surface area contributed by atoms with E-state index in [9.17, 15) is 24.6 Å². The van der Waals surface area contributed by atoms with Gasteiger partial charge in [-0.05, 0) is 43.0 Å². The fourth-order valence-corrected chi connectivity index (χ4v) is 5.54. The maximum absolute atomic E-state index is 14.0. The Morgan fingerprint density at radius 3 is 2.42 bits per heavy atom. The molecule has 3 aromatic rings. The molecule has 0 aliphatic carbocycles. The molecule has 8 nitrogen and oxygen atoms in total. The Kier molecular flexibility index (Phi) is 9.05. The third-order valence-electron chi connectivity index (χ3n) is 7.68. The Morgan fingerprint density at radius 1 is 1.05 bits per heavy atom. The van der Waals surface area contributed by atoms with Gasteiger partial charge < -0.3 is 20.8 Å². The first-order valence-electron chi connectivity index (χ1n) is 13.1. The molecule has 1 aliphatic rings. The zero-order valence-corrected chi connectivity index (χ0v) is 23.2. The Bertz CT molecular complexity index is 1390. The van der Waals surface area contributed by atoms with Crippen LogP contribution in [0.2, 0.25) is 0 Å². The molecule has 0 bridgehead atoms. The number of nitrogens with one attached hydrogen (secondary N) is 2. The van der Waals surface area contributed by atoms with Gasteiger partial charge >= 0.3 is 0 Å². The number of aromatic hydroxyl groups is 1. The van der Waals surface area contributed by atoms with Gasteiger partial charge in [-0.15, -0.1) is 11.6 Å². The molecule has 9 heteroatoms. The molecule has 0 radical (unpaired) electrons. The second kappa shape index (κ2) is 12.3.